The fourth-order valence-corrected chi connectivity index (χ4v) is 5.16. The molecule has 0 saturated heterocycles. The van der Waals surface area contributed by atoms with E-state index in [4.69, 9.17) is 10.7 Å². The number of hydrogen-bond donors (Lipinski definition) is 1. The Morgan fingerprint density at radius 2 is 2.14 bits per heavy atom. The topological polar surface area (TPSA) is 56.2 Å². The number of fused-ring (bicyclic) bond motifs is 2. The third kappa shape index (κ3) is 2.36. The highest BCUT2D eigenvalue weighted by Crippen LogP contribution is 2.36. The van der Waals surface area contributed by atoms with Gasteiger partial charge in [0.15, 0.2) is 9.30 Å². The van der Waals surface area contributed by atoms with Crippen LogP contribution in [0.5, 0.6) is 0 Å². The number of hydrogen-bond acceptors (Lipinski definition) is 6. The fraction of sp³-hybridized carbons (Fsp3) is 0.143. The Bertz CT molecular complexity index is 872. The molecule has 106 valence electrons. The quantitative estimate of drug-likeness (QED) is 0.620. The summed E-state index contributed by atoms with van der Waals surface area (Å²) in [6.07, 6.45) is 2.88. The van der Waals surface area contributed by atoms with Crippen LogP contribution in [-0.4, -0.2) is 20.9 Å². The largest absolute Gasteiger partial charge is 0.330 e. The number of nitrogens with two attached hydrogens (primary N) is 1. The second kappa shape index (κ2) is 5.42. The molecule has 0 aliphatic rings. The van der Waals surface area contributed by atoms with Crippen LogP contribution in [0.3, 0.4) is 0 Å². The second-order valence-electron chi connectivity index (χ2n) is 4.51. The lowest BCUT2D eigenvalue weighted by molar-refractivity contribution is 0.878. The molecule has 0 fully saturated rings. The van der Waals surface area contributed by atoms with Crippen molar-refractivity contribution >= 4 is 49.6 Å². The van der Waals surface area contributed by atoms with Crippen LogP contribution >= 0.6 is 34.4 Å². The smallest absolute Gasteiger partial charge is 0.194 e. The van der Waals surface area contributed by atoms with E-state index >= 15 is 0 Å². The van der Waals surface area contributed by atoms with E-state index in [1.54, 1.807) is 34.4 Å². The molecule has 0 aliphatic heterocycles. The van der Waals surface area contributed by atoms with Gasteiger partial charge in [-0.3, -0.25) is 4.40 Å². The predicted octanol–water partition coefficient (Wildman–Crippen LogP) is 3.66. The van der Waals surface area contributed by atoms with Gasteiger partial charge in [0.05, 0.1) is 15.9 Å². The van der Waals surface area contributed by atoms with E-state index in [1.807, 2.05) is 18.2 Å². The standard InChI is InChI=1S/C14H12N4S3/c15-6-5-10-12(17-13-18(10)7-8-19-13)21-14-16-9-3-1-2-4-11(9)20-14/h1-4,7-8H,5-6,15H2. The lowest BCUT2D eigenvalue weighted by atomic mass is 10.3. The first kappa shape index (κ1) is 13.3. The first-order valence-corrected chi connectivity index (χ1v) is 9.04. The molecule has 0 radical (unpaired) electrons. The molecule has 4 nitrogen and oxygen atoms in total. The van der Waals surface area contributed by atoms with Crippen LogP contribution in [0.15, 0.2) is 45.2 Å². The fourth-order valence-electron chi connectivity index (χ4n) is 2.24. The molecule has 3 aromatic heterocycles. The van der Waals surface area contributed by atoms with Crippen molar-refractivity contribution in [3.8, 4) is 0 Å². The molecule has 0 bridgehead atoms. The van der Waals surface area contributed by atoms with Gasteiger partial charge in [0.1, 0.15) is 5.03 Å². The van der Waals surface area contributed by atoms with Gasteiger partial charge in [-0.15, -0.1) is 22.7 Å². The van der Waals surface area contributed by atoms with Crippen molar-refractivity contribution in [2.75, 3.05) is 6.54 Å². The van der Waals surface area contributed by atoms with Crippen molar-refractivity contribution in [1.29, 1.82) is 0 Å². The van der Waals surface area contributed by atoms with Crippen LogP contribution in [0.4, 0.5) is 0 Å². The summed E-state index contributed by atoms with van der Waals surface area (Å²) >= 11 is 4.99. The summed E-state index contributed by atoms with van der Waals surface area (Å²) in [4.78, 5) is 10.4. The van der Waals surface area contributed by atoms with E-state index in [-0.39, 0.29) is 0 Å². The molecular formula is C14H12N4S3. The summed E-state index contributed by atoms with van der Waals surface area (Å²) in [5.41, 5.74) is 7.97. The zero-order valence-electron chi connectivity index (χ0n) is 11.0. The minimum atomic E-state index is 0.622. The van der Waals surface area contributed by atoms with Crippen molar-refractivity contribution in [3.05, 3.63) is 41.5 Å². The van der Waals surface area contributed by atoms with Crippen LogP contribution in [0.25, 0.3) is 15.2 Å². The third-order valence-corrected chi connectivity index (χ3v) is 6.04. The van der Waals surface area contributed by atoms with Crippen molar-refractivity contribution in [2.24, 2.45) is 5.73 Å². The van der Waals surface area contributed by atoms with E-state index in [9.17, 15) is 0 Å². The number of imidazole rings is 1. The lowest BCUT2D eigenvalue weighted by Crippen LogP contribution is -2.05. The van der Waals surface area contributed by atoms with Gasteiger partial charge in [-0.05, 0) is 30.4 Å². The van der Waals surface area contributed by atoms with Crippen molar-refractivity contribution in [2.45, 2.75) is 15.8 Å². The predicted molar refractivity (Wildman–Crippen MR) is 89.6 cm³/mol. The Morgan fingerprint density at radius 1 is 1.24 bits per heavy atom. The summed E-state index contributed by atoms with van der Waals surface area (Å²) in [6, 6.07) is 8.20. The summed E-state index contributed by atoms with van der Waals surface area (Å²) < 4.78 is 4.37. The molecule has 4 rings (SSSR count). The highest BCUT2D eigenvalue weighted by Gasteiger charge is 2.15. The maximum Gasteiger partial charge on any atom is 0.194 e. The number of para-hydroxylation sites is 1. The summed E-state index contributed by atoms with van der Waals surface area (Å²) in [5.74, 6) is 0. The van der Waals surface area contributed by atoms with Crippen LogP contribution < -0.4 is 5.73 Å². The molecule has 1 aromatic carbocycles. The molecule has 21 heavy (non-hydrogen) atoms. The molecule has 0 unspecified atom stereocenters. The number of nitrogens with zero attached hydrogens (tertiary/aromatic N) is 3. The van der Waals surface area contributed by atoms with E-state index in [1.165, 1.54) is 10.4 Å². The van der Waals surface area contributed by atoms with Crippen LogP contribution in [-0.2, 0) is 6.42 Å². The minimum Gasteiger partial charge on any atom is -0.330 e. The first-order valence-electron chi connectivity index (χ1n) is 6.53. The minimum absolute atomic E-state index is 0.622. The zero-order valence-corrected chi connectivity index (χ0v) is 13.5. The highest BCUT2D eigenvalue weighted by atomic mass is 32.2. The SMILES string of the molecule is NCCc1c(Sc2nc3ccccc3s2)nc2sccn12. The normalized spacial score (nSPS) is 11.7. The van der Waals surface area contributed by atoms with E-state index in [2.05, 4.69) is 27.0 Å². The van der Waals surface area contributed by atoms with Gasteiger partial charge in [-0.1, -0.05) is 12.1 Å². The van der Waals surface area contributed by atoms with E-state index in [0.29, 0.717) is 6.54 Å². The van der Waals surface area contributed by atoms with Crippen LogP contribution in [0.2, 0.25) is 0 Å². The van der Waals surface area contributed by atoms with Gasteiger partial charge >= 0.3 is 0 Å². The van der Waals surface area contributed by atoms with E-state index < -0.39 is 0 Å². The van der Waals surface area contributed by atoms with Crippen molar-refractivity contribution < 1.29 is 0 Å². The van der Waals surface area contributed by atoms with Gasteiger partial charge in [0, 0.05) is 18.0 Å². The highest BCUT2D eigenvalue weighted by molar-refractivity contribution is 8.01. The number of aromatic nitrogens is 3. The van der Waals surface area contributed by atoms with Crippen LogP contribution in [0.1, 0.15) is 5.69 Å². The molecule has 3 heterocycles. The Labute approximate surface area is 133 Å². The molecule has 2 N–H and O–H groups in total. The average Bonchev–Trinajstić information content (AvgIpc) is 3.15. The number of benzene rings is 1. The number of thiazole rings is 2. The summed E-state index contributed by atoms with van der Waals surface area (Å²) in [7, 11) is 0. The molecule has 7 heteroatoms. The van der Waals surface area contributed by atoms with Crippen molar-refractivity contribution in [3.63, 3.8) is 0 Å². The molecule has 4 aromatic rings. The number of rotatable bonds is 4. The van der Waals surface area contributed by atoms with Crippen LogP contribution in [0, 0.1) is 0 Å². The van der Waals surface area contributed by atoms with E-state index in [0.717, 1.165) is 26.3 Å². The molecule has 0 saturated carbocycles. The third-order valence-electron chi connectivity index (χ3n) is 3.16. The Kier molecular flexibility index (Phi) is 3.42. The Morgan fingerprint density at radius 3 is 3.00 bits per heavy atom. The molecule has 0 amide bonds. The maximum absolute atomic E-state index is 5.74. The monoisotopic (exact) mass is 332 g/mol. The van der Waals surface area contributed by atoms with Gasteiger partial charge in [-0.2, -0.15) is 0 Å². The van der Waals surface area contributed by atoms with Gasteiger partial charge in [-0.25, -0.2) is 9.97 Å². The summed E-state index contributed by atoms with van der Waals surface area (Å²) in [5, 5.41) is 3.07. The van der Waals surface area contributed by atoms with Gasteiger partial charge in [0.25, 0.3) is 0 Å². The van der Waals surface area contributed by atoms with Gasteiger partial charge in [0.2, 0.25) is 0 Å². The Balaban J connectivity index is 1.75. The second-order valence-corrected chi connectivity index (χ2v) is 7.65. The van der Waals surface area contributed by atoms with Crippen molar-refractivity contribution in [1.82, 2.24) is 14.4 Å². The first-order chi connectivity index (χ1) is 10.3. The van der Waals surface area contributed by atoms with Gasteiger partial charge < -0.3 is 5.73 Å². The lowest BCUT2D eigenvalue weighted by Gasteiger charge is -1.99. The maximum atomic E-state index is 5.74. The molecule has 0 atom stereocenters. The molecule has 0 aliphatic carbocycles. The molecule has 0 spiro atoms. The summed E-state index contributed by atoms with van der Waals surface area (Å²) in [6.45, 7) is 0.622. The zero-order chi connectivity index (χ0) is 14.2. The Hall–Kier alpha value is -1.41. The average molecular weight is 332 g/mol. The molecular weight excluding hydrogens is 320 g/mol.